The highest BCUT2D eigenvalue weighted by Gasteiger charge is 2.55. The first-order valence-corrected chi connectivity index (χ1v) is 7.73. The Labute approximate surface area is 112 Å². The molecule has 0 aliphatic carbocycles. The molecule has 0 aromatic rings. The monoisotopic (exact) mass is 300 g/mol. The number of carbonyl (C=O) groups is 1. The molecular weight excluding hydrogens is 280 g/mol. The molecule has 96 valence electrons. The Morgan fingerprint density at radius 2 is 1.76 bits per heavy atom. The molecule has 1 spiro atoms. The van der Waals surface area contributed by atoms with Gasteiger partial charge in [0, 0.05) is 22.7 Å². The number of fused-ring (bicyclic) bond motifs is 1. The van der Waals surface area contributed by atoms with Gasteiger partial charge in [-0.3, -0.25) is 4.79 Å². The van der Waals surface area contributed by atoms with E-state index in [4.69, 9.17) is 0 Å². The minimum Gasteiger partial charge on any atom is -0.322 e. The first kappa shape index (κ1) is 12.0. The van der Waals surface area contributed by atoms with Crippen LogP contribution in [0.5, 0.6) is 0 Å². The van der Waals surface area contributed by atoms with Gasteiger partial charge in [0.1, 0.15) is 11.7 Å². The maximum Gasteiger partial charge on any atom is 0.242 e. The van der Waals surface area contributed by atoms with Gasteiger partial charge in [-0.1, -0.05) is 19.3 Å². The summed E-state index contributed by atoms with van der Waals surface area (Å²) < 4.78 is 2.24. The van der Waals surface area contributed by atoms with E-state index in [9.17, 15) is 4.79 Å². The third-order valence-corrected chi connectivity index (χ3v) is 5.89. The normalized spacial score (nSPS) is 39.5. The quantitative estimate of drug-likeness (QED) is 0.642. The van der Waals surface area contributed by atoms with Crippen molar-refractivity contribution in [2.45, 2.75) is 69.5 Å². The van der Waals surface area contributed by atoms with E-state index in [1.165, 1.54) is 38.5 Å². The molecular formula is C13H21BrN2O. The summed E-state index contributed by atoms with van der Waals surface area (Å²) in [6.07, 6.45) is 10.8. The zero-order chi connectivity index (χ0) is 11.9. The van der Waals surface area contributed by atoms with Crippen LogP contribution in [-0.4, -0.2) is 33.0 Å². The van der Waals surface area contributed by atoms with Crippen molar-refractivity contribution in [1.29, 1.82) is 0 Å². The van der Waals surface area contributed by atoms with E-state index in [0.717, 1.165) is 25.8 Å². The first-order chi connectivity index (χ1) is 8.26. The molecule has 0 N–H and O–H groups in total. The highest BCUT2D eigenvalue weighted by Crippen LogP contribution is 2.46. The summed E-state index contributed by atoms with van der Waals surface area (Å²) in [6, 6.07) is 0.105. The standard InChI is InChI=1S/C13H21BrN2O/c14-16-11-7-3-1-4-8-13(16)9-5-2-6-10-15(13)12(11)17/h11H,1-10H2. The third-order valence-electron chi connectivity index (χ3n) is 4.74. The molecule has 3 fully saturated rings. The number of hydrogen-bond acceptors (Lipinski definition) is 2. The summed E-state index contributed by atoms with van der Waals surface area (Å²) in [5, 5.41) is 0. The molecule has 2 bridgehead atoms. The van der Waals surface area contributed by atoms with Gasteiger partial charge in [-0.2, -0.15) is 0 Å². The second-order valence-electron chi connectivity index (χ2n) is 5.71. The molecule has 3 nitrogen and oxygen atoms in total. The van der Waals surface area contributed by atoms with Crippen LogP contribution in [0.2, 0.25) is 0 Å². The van der Waals surface area contributed by atoms with Gasteiger partial charge in [0.25, 0.3) is 0 Å². The molecule has 0 radical (unpaired) electrons. The van der Waals surface area contributed by atoms with Crippen molar-refractivity contribution < 1.29 is 4.79 Å². The van der Waals surface area contributed by atoms with E-state index in [0.29, 0.717) is 5.91 Å². The van der Waals surface area contributed by atoms with Crippen LogP contribution in [0.15, 0.2) is 0 Å². The van der Waals surface area contributed by atoms with E-state index in [1.807, 2.05) is 0 Å². The van der Waals surface area contributed by atoms with E-state index < -0.39 is 0 Å². The fraction of sp³-hybridized carbons (Fsp3) is 0.923. The summed E-state index contributed by atoms with van der Waals surface area (Å²) in [7, 11) is 0. The van der Waals surface area contributed by atoms with Crippen molar-refractivity contribution in [3.63, 3.8) is 0 Å². The molecule has 17 heavy (non-hydrogen) atoms. The molecule has 3 heterocycles. The summed E-state index contributed by atoms with van der Waals surface area (Å²) in [6.45, 7) is 0.970. The van der Waals surface area contributed by atoms with Crippen molar-refractivity contribution >= 4 is 22.1 Å². The molecule has 0 aromatic carbocycles. The predicted molar refractivity (Wildman–Crippen MR) is 70.6 cm³/mol. The highest BCUT2D eigenvalue weighted by molar-refractivity contribution is 9.07. The number of rotatable bonds is 0. The lowest BCUT2D eigenvalue weighted by atomic mass is 9.93. The molecule has 3 aliphatic heterocycles. The average Bonchev–Trinajstić information content (AvgIpc) is 2.47. The predicted octanol–water partition coefficient (Wildman–Crippen LogP) is 3.04. The van der Waals surface area contributed by atoms with Crippen LogP contribution in [0.1, 0.15) is 57.8 Å². The van der Waals surface area contributed by atoms with Crippen molar-refractivity contribution in [2.24, 2.45) is 0 Å². The van der Waals surface area contributed by atoms with Crippen LogP contribution in [0.3, 0.4) is 0 Å². The lowest BCUT2D eigenvalue weighted by Gasteiger charge is -2.41. The van der Waals surface area contributed by atoms with Gasteiger partial charge < -0.3 is 4.90 Å². The molecule has 1 amide bonds. The summed E-state index contributed by atoms with van der Waals surface area (Å²) in [5.74, 6) is 0.380. The maximum absolute atomic E-state index is 12.5. The van der Waals surface area contributed by atoms with Crippen LogP contribution in [0.4, 0.5) is 0 Å². The lowest BCUT2D eigenvalue weighted by Crippen LogP contribution is -2.51. The number of amides is 1. The van der Waals surface area contributed by atoms with Crippen LogP contribution >= 0.6 is 16.1 Å². The number of hydrogen-bond donors (Lipinski definition) is 0. The minimum atomic E-state index is 0.0126. The Hall–Kier alpha value is -0.0900. The van der Waals surface area contributed by atoms with Crippen molar-refractivity contribution in [1.82, 2.24) is 8.83 Å². The Morgan fingerprint density at radius 3 is 2.53 bits per heavy atom. The Kier molecular flexibility index (Phi) is 3.20. The van der Waals surface area contributed by atoms with Gasteiger partial charge in [-0.05, 0) is 38.5 Å². The van der Waals surface area contributed by atoms with Gasteiger partial charge in [-0.15, -0.1) is 0 Å². The zero-order valence-electron chi connectivity index (χ0n) is 10.3. The topological polar surface area (TPSA) is 23.6 Å². The molecule has 3 saturated heterocycles. The van der Waals surface area contributed by atoms with E-state index in [1.54, 1.807) is 0 Å². The first-order valence-electron chi connectivity index (χ1n) is 7.02. The van der Waals surface area contributed by atoms with Gasteiger partial charge in [0.05, 0.1) is 0 Å². The van der Waals surface area contributed by atoms with Crippen molar-refractivity contribution in [2.75, 3.05) is 6.54 Å². The molecule has 2 atom stereocenters. The molecule has 3 aliphatic rings. The van der Waals surface area contributed by atoms with E-state index >= 15 is 0 Å². The maximum atomic E-state index is 12.5. The van der Waals surface area contributed by atoms with Gasteiger partial charge >= 0.3 is 0 Å². The molecule has 0 saturated carbocycles. The molecule has 3 rings (SSSR count). The molecule has 4 heteroatoms. The molecule has 0 aromatic heterocycles. The fourth-order valence-electron chi connectivity index (χ4n) is 3.83. The second-order valence-corrected chi connectivity index (χ2v) is 6.47. The number of nitrogens with zero attached hydrogens (tertiary/aromatic N) is 2. The SMILES string of the molecule is O=C1C2CCCCCC3(CCCCCN13)N2Br. The van der Waals surface area contributed by atoms with E-state index in [-0.39, 0.29) is 11.7 Å². The Morgan fingerprint density at radius 1 is 1.06 bits per heavy atom. The van der Waals surface area contributed by atoms with Gasteiger partial charge in [0.2, 0.25) is 5.91 Å². The lowest BCUT2D eigenvalue weighted by molar-refractivity contribution is -0.132. The van der Waals surface area contributed by atoms with E-state index in [2.05, 4.69) is 25.0 Å². The fourth-order valence-corrected chi connectivity index (χ4v) is 4.75. The average molecular weight is 301 g/mol. The number of carbonyl (C=O) groups excluding carboxylic acids is 1. The number of halogens is 1. The second kappa shape index (κ2) is 4.54. The van der Waals surface area contributed by atoms with Crippen LogP contribution < -0.4 is 0 Å². The van der Waals surface area contributed by atoms with Crippen molar-refractivity contribution in [3.8, 4) is 0 Å². The highest BCUT2D eigenvalue weighted by atomic mass is 79.9. The van der Waals surface area contributed by atoms with Crippen LogP contribution in [-0.2, 0) is 4.79 Å². The van der Waals surface area contributed by atoms with Gasteiger partial charge in [-0.25, -0.2) is 3.93 Å². The smallest absolute Gasteiger partial charge is 0.242 e. The minimum absolute atomic E-state index is 0.0126. The van der Waals surface area contributed by atoms with Crippen LogP contribution in [0.25, 0.3) is 0 Å². The summed E-state index contributed by atoms with van der Waals surface area (Å²) in [4.78, 5) is 14.7. The summed E-state index contributed by atoms with van der Waals surface area (Å²) >= 11 is 3.74. The third kappa shape index (κ3) is 1.75. The van der Waals surface area contributed by atoms with Crippen LogP contribution in [0, 0.1) is 0 Å². The Bertz CT molecular complexity index is 323. The largest absolute Gasteiger partial charge is 0.322 e. The Balaban J connectivity index is 1.98. The zero-order valence-corrected chi connectivity index (χ0v) is 11.9. The van der Waals surface area contributed by atoms with Gasteiger partial charge in [0.15, 0.2) is 0 Å². The summed E-state index contributed by atoms with van der Waals surface area (Å²) in [5.41, 5.74) is 0.0126. The van der Waals surface area contributed by atoms with Crippen molar-refractivity contribution in [3.05, 3.63) is 0 Å². The molecule has 2 unspecified atom stereocenters.